The number of nitrogens with zero attached hydrogens (tertiary/aromatic N) is 2. The van der Waals surface area contributed by atoms with E-state index in [1.54, 1.807) is 6.20 Å². The number of amides is 1. The van der Waals surface area contributed by atoms with Crippen molar-refractivity contribution in [1.29, 1.82) is 0 Å². The molecule has 0 saturated carbocycles. The Balaban J connectivity index is 1.50. The van der Waals surface area contributed by atoms with Gasteiger partial charge in [-0.15, -0.1) is 0 Å². The summed E-state index contributed by atoms with van der Waals surface area (Å²) in [7, 11) is 1.91. The fraction of sp³-hybridized carbons (Fsp3) is 0.120. The maximum absolute atomic E-state index is 12.8. The van der Waals surface area contributed by atoms with Gasteiger partial charge in [0.2, 0.25) is 0 Å². The Kier molecular flexibility index (Phi) is 5.90. The summed E-state index contributed by atoms with van der Waals surface area (Å²) in [5.41, 5.74) is 2.96. The van der Waals surface area contributed by atoms with E-state index in [-0.39, 0.29) is 18.6 Å². The van der Waals surface area contributed by atoms with Crippen molar-refractivity contribution in [2.45, 2.75) is 6.04 Å². The Hall–Kier alpha value is -3.86. The van der Waals surface area contributed by atoms with Gasteiger partial charge in [-0.2, -0.15) is 0 Å². The number of para-hydroxylation sites is 1. The van der Waals surface area contributed by atoms with Crippen LogP contribution in [0.5, 0.6) is 5.75 Å². The number of ether oxygens (including phenoxy) is 1. The molecule has 5 nitrogen and oxygen atoms in total. The van der Waals surface area contributed by atoms with E-state index in [2.05, 4.69) is 10.3 Å². The molecule has 0 aliphatic carbocycles. The largest absolute Gasteiger partial charge is 0.483 e. The maximum Gasteiger partial charge on any atom is 0.258 e. The van der Waals surface area contributed by atoms with E-state index < -0.39 is 0 Å². The number of hydrogen-bond acceptors (Lipinski definition) is 3. The van der Waals surface area contributed by atoms with Gasteiger partial charge in [-0.25, -0.2) is 4.98 Å². The SMILES string of the molecule is Cn1ccnc1[C@@H](NC(=O)COc1ccccc1-c1ccccc1)c1ccccc1. The van der Waals surface area contributed by atoms with Gasteiger partial charge in [-0.3, -0.25) is 4.79 Å². The lowest BCUT2D eigenvalue weighted by molar-refractivity contribution is -0.123. The second-order valence-electron chi connectivity index (χ2n) is 6.96. The molecule has 1 heterocycles. The van der Waals surface area contributed by atoms with Gasteiger partial charge >= 0.3 is 0 Å². The highest BCUT2D eigenvalue weighted by Gasteiger charge is 2.21. The van der Waals surface area contributed by atoms with Crippen LogP contribution in [0.3, 0.4) is 0 Å². The first-order valence-corrected chi connectivity index (χ1v) is 9.81. The van der Waals surface area contributed by atoms with Crippen LogP contribution in [0.2, 0.25) is 0 Å². The van der Waals surface area contributed by atoms with Crippen LogP contribution in [0.1, 0.15) is 17.4 Å². The summed E-state index contributed by atoms with van der Waals surface area (Å²) in [6.45, 7) is -0.0857. The van der Waals surface area contributed by atoms with Crippen molar-refractivity contribution in [3.05, 3.63) is 109 Å². The van der Waals surface area contributed by atoms with E-state index in [0.717, 1.165) is 22.5 Å². The Morgan fingerprint density at radius 3 is 2.33 bits per heavy atom. The van der Waals surface area contributed by atoms with Crippen molar-refractivity contribution in [2.24, 2.45) is 7.05 Å². The predicted octanol–water partition coefficient (Wildman–Crippen LogP) is 4.37. The zero-order valence-corrected chi connectivity index (χ0v) is 16.7. The third kappa shape index (κ3) is 4.41. The first kappa shape index (κ1) is 19.5. The number of carbonyl (C=O) groups is 1. The molecule has 0 bridgehead atoms. The molecule has 3 aromatic carbocycles. The van der Waals surface area contributed by atoms with Gasteiger partial charge in [0.25, 0.3) is 5.91 Å². The monoisotopic (exact) mass is 397 g/mol. The molecule has 0 fully saturated rings. The molecule has 30 heavy (non-hydrogen) atoms. The molecular formula is C25H23N3O2. The lowest BCUT2D eigenvalue weighted by atomic mass is 10.1. The Bertz CT molecular complexity index is 1110. The predicted molar refractivity (Wildman–Crippen MR) is 117 cm³/mol. The summed E-state index contributed by atoms with van der Waals surface area (Å²) in [6.07, 6.45) is 3.59. The van der Waals surface area contributed by atoms with E-state index in [0.29, 0.717) is 5.75 Å². The Labute approximate surface area is 176 Å². The second-order valence-corrected chi connectivity index (χ2v) is 6.96. The van der Waals surface area contributed by atoms with Gasteiger partial charge in [0.05, 0.1) is 0 Å². The van der Waals surface area contributed by atoms with Gasteiger partial charge in [0.15, 0.2) is 6.61 Å². The summed E-state index contributed by atoms with van der Waals surface area (Å²) in [4.78, 5) is 17.2. The summed E-state index contributed by atoms with van der Waals surface area (Å²) < 4.78 is 7.80. The average Bonchev–Trinajstić information content (AvgIpc) is 3.23. The summed E-state index contributed by atoms with van der Waals surface area (Å²) in [5, 5.41) is 3.06. The smallest absolute Gasteiger partial charge is 0.258 e. The van der Waals surface area contributed by atoms with Crippen molar-refractivity contribution in [2.75, 3.05) is 6.61 Å². The molecule has 4 aromatic rings. The Morgan fingerprint density at radius 2 is 1.63 bits per heavy atom. The number of rotatable bonds is 7. The van der Waals surface area contributed by atoms with Gasteiger partial charge in [0.1, 0.15) is 17.6 Å². The third-order valence-corrected chi connectivity index (χ3v) is 4.89. The first-order valence-electron chi connectivity index (χ1n) is 9.81. The lowest BCUT2D eigenvalue weighted by Crippen LogP contribution is -2.34. The fourth-order valence-corrected chi connectivity index (χ4v) is 3.39. The van der Waals surface area contributed by atoms with Crippen LogP contribution in [0, 0.1) is 0 Å². The number of nitrogens with one attached hydrogen (secondary N) is 1. The molecule has 0 spiro atoms. The second kappa shape index (κ2) is 9.09. The van der Waals surface area contributed by atoms with Crippen LogP contribution in [-0.2, 0) is 11.8 Å². The highest BCUT2D eigenvalue weighted by Crippen LogP contribution is 2.29. The maximum atomic E-state index is 12.8. The minimum atomic E-state index is -0.355. The van der Waals surface area contributed by atoms with Crippen LogP contribution in [0.4, 0.5) is 0 Å². The first-order chi connectivity index (χ1) is 14.7. The molecule has 4 rings (SSSR count). The van der Waals surface area contributed by atoms with Gasteiger partial charge in [-0.05, 0) is 17.2 Å². The summed E-state index contributed by atoms with van der Waals surface area (Å²) in [6, 6.07) is 27.2. The Morgan fingerprint density at radius 1 is 0.967 bits per heavy atom. The minimum absolute atomic E-state index is 0.0857. The quantitative estimate of drug-likeness (QED) is 0.504. The van der Waals surface area contributed by atoms with Crippen LogP contribution in [0.25, 0.3) is 11.1 Å². The van der Waals surface area contributed by atoms with Crippen LogP contribution < -0.4 is 10.1 Å². The average molecular weight is 397 g/mol. The van der Waals surface area contributed by atoms with Crippen molar-refractivity contribution in [3.63, 3.8) is 0 Å². The minimum Gasteiger partial charge on any atom is -0.483 e. The topological polar surface area (TPSA) is 56.2 Å². The van der Waals surface area contributed by atoms with Crippen molar-refractivity contribution >= 4 is 5.91 Å². The number of aryl methyl sites for hydroxylation is 1. The van der Waals surface area contributed by atoms with E-state index in [1.165, 1.54) is 0 Å². The molecule has 1 atom stereocenters. The number of carbonyl (C=O) groups excluding carboxylic acids is 1. The lowest BCUT2D eigenvalue weighted by Gasteiger charge is -2.19. The van der Waals surface area contributed by atoms with E-state index in [1.807, 2.05) is 103 Å². The molecule has 0 radical (unpaired) electrons. The number of imidazole rings is 1. The third-order valence-electron chi connectivity index (χ3n) is 4.89. The zero-order valence-electron chi connectivity index (χ0n) is 16.7. The highest BCUT2D eigenvalue weighted by atomic mass is 16.5. The van der Waals surface area contributed by atoms with Crippen molar-refractivity contribution in [1.82, 2.24) is 14.9 Å². The molecule has 1 aromatic heterocycles. The van der Waals surface area contributed by atoms with Crippen LogP contribution >= 0.6 is 0 Å². The molecule has 1 amide bonds. The molecule has 1 N–H and O–H groups in total. The molecular weight excluding hydrogens is 374 g/mol. The zero-order chi connectivity index (χ0) is 20.8. The van der Waals surface area contributed by atoms with Gasteiger partial charge < -0.3 is 14.6 Å². The molecule has 0 unspecified atom stereocenters. The summed E-state index contributed by atoms with van der Waals surface area (Å²) in [5.74, 6) is 1.22. The fourth-order valence-electron chi connectivity index (χ4n) is 3.39. The molecule has 150 valence electrons. The molecule has 0 aliphatic heterocycles. The number of hydrogen-bond donors (Lipinski definition) is 1. The van der Waals surface area contributed by atoms with Crippen molar-refractivity contribution < 1.29 is 9.53 Å². The molecule has 0 aliphatic rings. The highest BCUT2D eigenvalue weighted by molar-refractivity contribution is 5.79. The normalized spacial score (nSPS) is 11.6. The van der Waals surface area contributed by atoms with E-state index in [4.69, 9.17) is 4.74 Å². The molecule has 5 heteroatoms. The van der Waals surface area contributed by atoms with Gasteiger partial charge in [-0.1, -0.05) is 78.9 Å². The van der Waals surface area contributed by atoms with E-state index in [9.17, 15) is 4.79 Å². The number of aromatic nitrogens is 2. The van der Waals surface area contributed by atoms with Gasteiger partial charge in [0, 0.05) is 25.0 Å². The van der Waals surface area contributed by atoms with Crippen LogP contribution in [0.15, 0.2) is 97.3 Å². The molecule has 0 saturated heterocycles. The van der Waals surface area contributed by atoms with Crippen LogP contribution in [-0.4, -0.2) is 22.1 Å². The van der Waals surface area contributed by atoms with Crippen molar-refractivity contribution in [3.8, 4) is 16.9 Å². The standard InChI is InChI=1S/C25H23N3O2/c1-28-17-16-26-25(28)24(20-12-6-3-7-13-20)27-23(29)18-30-22-15-9-8-14-21(22)19-10-4-2-5-11-19/h2-17,24H,18H2,1H3,(H,27,29)/t24-/m0/s1. The number of benzene rings is 3. The van der Waals surface area contributed by atoms with E-state index >= 15 is 0 Å². The summed E-state index contributed by atoms with van der Waals surface area (Å²) >= 11 is 0.